The molecular weight excluding hydrogens is 428 g/mol. The fraction of sp³-hybridized carbons (Fsp3) is 0.143. The SMILES string of the molecule is O=C(NCCC#Cc1ccc2[nH]cc(C(=O)O)c2c1)OCC1c2ccccc2-c2ccccc21. The lowest BCUT2D eigenvalue weighted by molar-refractivity contribution is 0.0699. The number of aromatic carboxylic acids is 1. The predicted molar refractivity (Wildman–Crippen MR) is 130 cm³/mol. The third kappa shape index (κ3) is 4.12. The predicted octanol–water partition coefficient (Wildman–Crippen LogP) is 5.15. The molecule has 0 atom stereocenters. The Balaban J connectivity index is 1.14. The number of H-pyrrole nitrogens is 1. The van der Waals surface area contributed by atoms with Crippen molar-refractivity contribution in [2.75, 3.05) is 13.2 Å². The molecule has 3 aromatic carbocycles. The fourth-order valence-corrected chi connectivity index (χ4v) is 4.42. The molecule has 0 spiro atoms. The Morgan fingerprint density at radius 2 is 1.71 bits per heavy atom. The number of ether oxygens (including phenoxy) is 1. The Kier molecular flexibility index (Phi) is 5.75. The van der Waals surface area contributed by atoms with Crippen LogP contribution < -0.4 is 5.32 Å². The van der Waals surface area contributed by atoms with Crippen molar-refractivity contribution in [3.63, 3.8) is 0 Å². The van der Waals surface area contributed by atoms with Crippen LogP contribution in [0.25, 0.3) is 22.0 Å². The molecular formula is C28H22N2O4. The van der Waals surface area contributed by atoms with Crippen LogP contribution in [0.15, 0.2) is 72.9 Å². The summed E-state index contributed by atoms with van der Waals surface area (Å²) in [6.07, 6.45) is 1.45. The third-order valence-corrected chi connectivity index (χ3v) is 6.01. The van der Waals surface area contributed by atoms with Crippen LogP contribution in [0.1, 0.15) is 39.4 Å². The van der Waals surface area contributed by atoms with Crippen molar-refractivity contribution >= 4 is 23.0 Å². The van der Waals surface area contributed by atoms with Crippen molar-refractivity contribution in [3.05, 3.63) is 95.2 Å². The summed E-state index contributed by atoms with van der Waals surface area (Å²) in [4.78, 5) is 26.5. The fourth-order valence-electron chi connectivity index (χ4n) is 4.42. The number of benzene rings is 3. The maximum Gasteiger partial charge on any atom is 0.407 e. The highest BCUT2D eigenvalue weighted by molar-refractivity contribution is 6.03. The van der Waals surface area contributed by atoms with Crippen molar-refractivity contribution in [1.29, 1.82) is 0 Å². The van der Waals surface area contributed by atoms with E-state index in [4.69, 9.17) is 4.74 Å². The zero-order chi connectivity index (χ0) is 23.5. The van der Waals surface area contributed by atoms with Crippen LogP contribution in [-0.2, 0) is 4.74 Å². The number of amides is 1. The molecule has 5 rings (SSSR count). The zero-order valence-corrected chi connectivity index (χ0v) is 18.3. The van der Waals surface area contributed by atoms with Crippen LogP contribution in [0.4, 0.5) is 4.79 Å². The molecule has 1 heterocycles. The van der Waals surface area contributed by atoms with Crippen LogP contribution in [-0.4, -0.2) is 35.3 Å². The van der Waals surface area contributed by atoms with Gasteiger partial charge in [-0.05, 0) is 40.5 Å². The number of carboxylic acid groups (broad SMARTS) is 1. The van der Waals surface area contributed by atoms with Gasteiger partial charge in [0.2, 0.25) is 0 Å². The minimum absolute atomic E-state index is 0.0250. The molecule has 3 N–H and O–H groups in total. The first-order chi connectivity index (χ1) is 16.6. The van der Waals surface area contributed by atoms with Gasteiger partial charge in [0.05, 0.1) is 5.56 Å². The van der Waals surface area contributed by atoms with E-state index in [1.807, 2.05) is 30.3 Å². The number of rotatable bonds is 5. The lowest BCUT2D eigenvalue weighted by Crippen LogP contribution is -2.26. The van der Waals surface area contributed by atoms with Crippen LogP contribution in [0.2, 0.25) is 0 Å². The van der Waals surface area contributed by atoms with E-state index in [-0.39, 0.29) is 18.1 Å². The smallest absolute Gasteiger partial charge is 0.407 e. The molecule has 1 amide bonds. The summed E-state index contributed by atoms with van der Waals surface area (Å²) in [6.45, 7) is 0.630. The lowest BCUT2D eigenvalue weighted by Gasteiger charge is -2.14. The first-order valence-corrected chi connectivity index (χ1v) is 11.0. The number of aromatic amines is 1. The van der Waals surface area contributed by atoms with E-state index >= 15 is 0 Å². The van der Waals surface area contributed by atoms with E-state index in [1.165, 1.54) is 28.5 Å². The summed E-state index contributed by atoms with van der Waals surface area (Å²) in [5, 5.41) is 12.6. The molecule has 0 fully saturated rings. The van der Waals surface area contributed by atoms with E-state index in [1.54, 1.807) is 12.1 Å². The van der Waals surface area contributed by atoms with Crippen LogP contribution in [0.5, 0.6) is 0 Å². The normalized spacial score (nSPS) is 11.9. The van der Waals surface area contributed by atoms with Crippen LogP contribution in [0.3, 0.4) is 0 Å². The van der Waals surface area contributed by atoms with Gasteiger partial charge in [0.1, 0.15) is 6.61 Å². The number of nitrogens with one attached hydrogen (secondary N) is 2. The molecule has 0 bridgehead atoms. The molecule has 0 unspecified atom stereocenters. The number of fused-ring (bicyclic) bond motifs is 4. The van der Waals surface area contributed by atoms with Crippen molar-refractivity contribution < 1.29 is 19.4 Å². The van der Waals surface area contributed by atoms with Gasteiger partial charge in [-0.25, -0.2) is 9.59 Å². The number of carboxylic acids is 1. The summed E-state index contributed by atoms with van der Waals surface area (Å²) in [6, 6.07) is 21.8. The van der Waals surface area contributed by atoms with Gasteiger partial charge >= 0.3 is 12.1 Å². The van der Waals surface area contributed by atoms with E-state index in [0.717, 1.165) is 11.1 Å². The molecule has 6 nitrogen and oxygen atoms in total. The third-order valence-electron chi connectivity index (χ3n) is 6.01. The summed E-state index contributed by atoms with van der Waals surface area (Å²) in [7, 11) is 0. The van der Waals surface area contributed by atoms with Crippen molar-refractivity contribution in [3.8, 4) is 23.0 Å². The highest BCUT2D eigenvalue weighted by Gasteiger charge is 2.28. The molecule has 0 saturated heterocycles. The second kappa shape index (κ2) is 9.16. The zero-order valence-electron chi connectivity index (χ0n) is 18.3. The molecule has 4 aromatic rings. The first kappa shape index (κ1) is 21.4. The Hall–Kier alpha value is -4.50. The molecule has 168 valence electrons. The maximum atomic E-state index is 12.2. The number of aromatic nitrogens is 1. The molecule has 34 heavy (non-hydrogen) atoms. The molecule has 0 aliphatic heterocycles. The van der Waals surface area contributed by atoms with Crippen molar-refractivity contribution in [2.45, 2.75) is 12.3 Å². The monoisotopic (exact) mass is 450 g/mol. The van der Waals surface area contributed by atoms with Gasteiger partial charge in [-0.3, -0.25) is 0 Å². The van der Waals surface area contributed by atoms with Gasteiger partial charge in [-0.1, -0.05) is 60.4 Å². The minimum atomic E-state index is -0.983. The van der Waals surface area contributed by atoms with Gasteiger partial charge in [-0.2, -0.15) is 0 Å². The van der Waals surface area contributed by atoms with E-state index in [2.05, 4.69) is 46.4 Å². The van der Waals surface area contributed by atoms with Gasteiger partial charge in [0, 0.05) is 41.5 Å². The Bertz CT molecular complexity index is 1410. The Morgan fingerprint density at radius 3 is 2.41 bits per heavy atom. The average molecular weight is 450 g/mol. The van der Waals surface area contributed by atoms with Gasteiger partial charge in [0.15, 0.2) is 0 Å². The molecule has 1 aliphatic carbocycles. The second-order valence-corrected chi connectivity index (χ2v) is 8.07. The standard InChI is InChI=1S/C28H22N2O4/c31-27(32)24-16-30-26-13-12-18(15-23(24)26)7-5-6-14-29-28(33)34-17-25-21-10-3-1-8-19(21)20-9-2-4-11-22(20)25/h1-4,8-13,15-16,25,30H,6,14,17H2,(H,29,33)(H,31,32). The van der Waals surface area contributed by atoms with Crippen LogP contribution in [0, 0.1) is 11.8 Å². The van der Waals surface area contributed by atoms with E-state index in [0.29, 0.717) is 18.4 Å². The number of hydrogen-bond acceptors (Lipinski definition) is 3. The van der Waals surface area contributed by atoms with Gasteiger partial charge < -0.3 is 20.1 Å². The van der Waals surface area contributed by atoms with Crippen molar-refractivity contribution in [1.82, 2.24) is 10.3 Å². The highest BCUT2D eigenvalue weighted by atomic mass is 16.5. The summed E-state index contributed by atoms with van der Waals surface area (Å²) in [5.41, 5.74) is 6.41. The maximum absolute atomic E-state index is 12.2. The first-order valence-electron chi connectivity index (χ1n) is 11.0. The number of carbonyl (C=O) groups excluding carboxylic acids is 1. The number of carbonyl (C=O) groups is 2. The quantitative estimate of drug-likeness (QED) is 0.290. The molecule has 1 aliphatic rings. The number of hydrogen-bond donors (Lipinski definition) is 3. The summed E-state index contributed by atoms with van der Waals surface area (Å²) in [5.74, 6) is 5.07. The number of alkyl carbamates (subject to hydrolysis) is 1. The summed E-state index contributed by atoms with van der Waals surface area (Å²) >= 11 is 0. The van der Waals surface area contributed by atoms with Gasteiger partial charge in [0.25, 0.3) is 0 Å². The largest absolute Gasteiger partial charge is 0.478 e. The van der Waals surface area contributed by atoms with Gasteiger partial charge in [-0.15, -0.1) is 0 Å². The second-order valence-electron chi connectivity index (χ2n) is 8.07. The minimum Gasteiger partial charge on any atom is -0.478 e. The van der Waals surface area contributed by atoms with Crippen LogP contribution >= 0.6 is 0 Å². The Labute approximate surface area is 196 Å². The van der Waals surface area contributed by atoms with E-state index < -0.39 is 12.1 Å². The Morgan fingerprint density at radius 1 is 1.00 bits per heavy atom. The highest BCUT2D eigenvalue weighted by Crippen LogP contribution is 2.44. The molecule has 6 heteroatoms. The molecule has 0 saturated carbocycles. The van der Waals surface area contributed by atoms with Crippen molar-refractivity contribution in [2.24, 2.45) is 0 Å². The topological polar surface area (TPSA) is 91.4 Å². The average Bonchev–Trinajstić information content (AvgIpc) is 3.42. The molecule has 1 aromatic heterocycles. The lowest BCUT2D eigenvalue weighted by atomic mass is 9.98. The summed E-state index contributed by atoms with van der Waals surface area (Å²) < 4.78 is 5.52. The van der Waals surface area contributed by atoms with E-state index in [9.17, 15) is 14.7 Å². The molecule has 0 radical (unpaired) electrons.